The summed E-state index contributed by atoms with van der Waals surface area (Å²) in [6.07, 6.45) is 0. The van der Waals surface area contributed by atoms with Gasteiger partial charge in [0, 0.05) is 11.3 Å². The van der Waals surface area contributed by atoms with Gasteiger partial charge in [0.05, 0.1) is 19.1 Å². The second-order valence-corrected chi connectivity index (χ2v) is 5.61. The minimum atomic E-state index is -0.310. The highest BCUT2D eigenvalue weighted by molar-refractivity contribution is 6.09. The van der Waals surface area contributed by atoms with E-state index in [1.54, 1.807) is 11.8 Å². The molecule has 0 radical (unpaired) electrons. The van der Waals surface area contributed by atoms with Gasteiger partial charge in [-0.2, -0.15) is 0 Å². The molecule has 0 N–H and O–H groups in total. The molecule has 2 aromatic carbocycles. The average Bonchev–Trinajstić information content (AvgIpc) is 2.92. The topological polar surface area (TPSA) is 46.6 Å². The number of hydrogen-bond donors (Lipinski definition) is 0. The van der Waals surface area contributed by atoms with Crippen LogP contribution in [0.15, 0.2) is 48.5 Å². The van der Waals surface area contributed by atoms with Crippen LogP contribution in [0.1, 0.15) is 41.3 Å². The lowest BCUT2D eigenvalue weighted by Gasteiger charge is -2.17. The number of amides is 1. The lowest BCUT2D eigenvalue weighted by Crippen LogP contribution is -2.23. The van der Waals surface area contributed by atoms with Gasteiger partial charge in [0.2, 0.25) is 0 Å². The Labute approximate surface area is 135 Å². The average molecular weight is 309 g/mol. The monoisotopic (exact) mass is 309 g/mol. The van der Waals surface area contributed by atoms with Crippen molar-refractivity contribution in [1.29, 1.82) is 0 Å². The highest BCUT2D eigenvalue weighted by Gasteiger charge is 2.28. The minimum Gasteiger partial charge on any atom is -0.466 e. The Morgan fingerprint density at radius 2 is 1.87 bits per heavy atom. The van der Waals surface area contributed by atoms with E-state index < -0.39 is 0 Å². The van der Waals surface area contributed by atoms with E-state index in [0.717, 1.165) is 22.4 Å². The van der Waals surface area contributed by atoms with E-state index in [2.05, 4.69) is 0 Å². The zero-order chi connectivity index (χ0) is 16.4. The van der Waals surface area contributed by atoms with Gasteiger partial charge in [-0.25, -0.2) is 0 Å². The van der Waals surface area contributed by atoms with Crippen LogP contribution in [-0.4, -0.2) is 18.5 Å². The summed E-state index contributed by atoms with van der Waals surface area (Å²) in [6.45, 7) is 4.58. The van der Waals surface area contributed by atoms with Crippen molar-refractivity contribution < 1.29 is 14.3 Å². The van der Waals surface area contributed by atoms with Crippen molar-refractivity contribution in [3.63, 3.8) is 0 Å². The molecule has 118 valence electrons. The molecular weight excluding hydrogens is 290 g/mol. The fourth-order valence-corrected chi connectivity index (χ4v) is 2.81. The number of rotatable bonds is 4. The molecule has 1 aliphatic heterocycles. The van der Waals surface area contributed by atoms with Gasteiger partial charge in [0.25, 0.3) is 5.91 Å². The Morgan fingerprint density at radius 3 is 2.52 bits per heavy atom. The number of benzene rings is 2. The minimum absolute atomic E-state index is 0.0202. The van der Waals surface area contributed by atoms with Crippen LogP contribution < -0.4 is 4.90 Å². The van der Waals surface area contributed by atoms with Crippen molar-refractivity contribution in [2.75, 3.05) is 11.5 Å². The summed E-state index contributed by atoms with van der Waals surface area (Å²) in [4.78, 5) is 26.0. The molecule has 0 fully saturated rings. The summed E-state index contributed by atoms with van der Waals surface area (Å²) in [5, 5.41) is 0. The van der Waals surface area contributed by atoms with E-state index in [4.69, 9.17) is 4.74 Å². The third-order valence-corrected chi connectivity index (χ3v) is 4.17. The Kier molecular flexibility index (Phi) is 4.15. The zero-order valence-corrected chi connectivity index (χ0v) is 13.3. The van der Waals surface area contributed by atoms with Crippen LogP contribution in [0.5, 0.6) is 0 Å². The lowest BCUT2D eigenvalue weighted by molar-refractivity contribution is -0.144. The van der Waals surface area contributed by atoms with Crippen LogP contribution in [0.25, 0.3) is 0 Å². The van der Waals surface area contributed by atoms with E-state index in [9.17, 15) is 9.59 Å². The number of carbonyl (C=O) groups is 2. The third kappa shape index (κ3) is 2.84. The highest BCUT2D eigenvalue weighted by atomic mass is 16.5. The van der Waals surface area contributed by atoms with Crippen molar-refractivity contribution in [3.8, 4) is 0 Å². The van der Waals surface area contributed by atoms with Gasteiger partial charge in [-0.15, -0.1) is 0 Å². The Hall–Kier alpha value is -2.62. The SMILES string of the molecule is CCOC(=O)C(C)c1ccc(N2Cc3ccccc3C2=O)cc1. The summed E-state index contributed by atoms with van der Waals surface area (Å²) in [6, 6.07) is 15.2. The quantitative estimate of drug-likeness (QED) is 0.812. The molecule has 0 spiro atoms. The molecule has 1 heterocycles. The molecular formula is C19H19NO3. The predicted octanol–water partition coefficient (Wildman–Crippen LogP) is 3.51. The van der Waals surface area contributed by atoms with E-state index >= 15 is 0 Å². The highest BCUT2D eigenvalue weighted by Crippen LogP contribution is 2.29. The van der Waals surface area contributed by atoms with Crippen molar-refractivity contribution in [2.45, 2.75) is 26.3 Å². The molecule has 0 saturated heterocycles. The Balaban J connectivity index is 1.79. The van der Waals surface area contributed by atoms with Crippen LogP contribution in [0.2, 0.25) is 0 Å². The standard InChI is InChI=1S/C19H19NO3/c1-3-23-19(22)13(2)14-8-10-16(11-9-14)20-12-15-6-4-5-7-17(15)18(20)21/h4-11,13H,3,12H2,1-2H3. The second-order valence-electron chi connectivity index (χ2n) is 5.61. The van der Waals surface area contributed by atoms with Gasteiger partial charge in [0.1, 0.15) is 0 Å². The maximum Gasteiger partial charge on any atom is 0.313 e. The van der Waals surface area contributed by atoms with Gasteiger partial charge in [-0.05, 0) is 43.2 Å². The Morgan fingerprint density at radius 1 is 1.17 bits per heavy atom. The van der Waals surface area contributed by atoms with Crippen LogP contribution in [0.3, 0.4) is 0 Å². The molecule has 1 atom stereocenters. The van der Waals surface area contributed by atoms with Crippen LogP contribution in [-0.2, 0) is 16.1 Å². The summed E-state index contributed by atoms with van der Waals surface area (Å²) >= 11 is 0. The molecule has 1 amide bonds. The molecule has 3 rings (SSSR count). The number of fused-ring (bicyclic) bond motifs is 1. The van der Waals surface area contributed by atoms with E-state index in [1.807, 2.05) is 55.5 Å². The van der Waals surface area contributed by atoms with Gasteiger partial charge in [-0.3, -0.25) is 9.59 Å². The summed E-state index contributed by atoms with van der Waals surface area (Å²) in [5.74, 6) is -0.521. The molecule has 1 unspecified atom stereocenters. The van der Waals surface area contributed by atoms with Gasteiger partial charge in [0.15, 0.2) is 0 Å². The molecule has 4 nitrogen and oxygen atoms in total. The van der Waals surface area contributed by atoms with Gasteiger partial charge in [-0.1, -0.05) is 30.3 Å². The number of anilines is 1. The molecule has 0 saturated carbocycles. The smallest absolute Gasteiger partial charge is 0.313 e. The molecule has 0 aliphatic carbocycles. The van der Waals surface area contributed by atoms with Crippen LogP contribution in [0.4, 0.5) is 5.69 Å². The van der Waals surface area contributed by atoms with E-state index in [0.29, 0.717) is 13.2 Å². The van der Waals surface area contributed by atoms with Crippen molar-refractivity contribution in [2.24, 2.45) is 0 Å². The van der Waals surface area contributed by atoms with Crippen LogP contribution in [0, 0.1) is 0 Å². The van der Waals surface area contributed by atoms with Crippen molar-refractivity contribution in [1.82, 2.24) is 0 Å². The normalized spacial score (nSPS) is 14.5. The fraction of sp³-hybridized carbons (Fsp3) is 0.263. The molecule has 23 heavy (non-hydrogen) atoms. The maximum absolute atomic E-state index is 12.5. The van der Waals surface area contributed by atoms with Crippen molar-refractivity contribution in [3.05, 3.63) is 65.2 Å². The van der Waals surface area contributed by atoms with E-state index in [-0.39, 0.29) is 17.8 Å². The first kappa shape index (κ1) is 15.3. The maximum atomic E-state index is 12.5. The zero-order valence-electron chi connectivity index (χ0n) is 13.3. The lowest BCUT2D eigenvalue weighted by atomic mass is 10.0. The van der Waals surface area contributed by atoms with Gasteiger partial charge < -0.3 is 9.64 Å². The van der Waals surface area contributed by atoms with Gasteiger partial charge >= 0.3 is 5.97 Å². The molecule has 4 heteroatoms. The van der Waals surface area contributed by atoms with E-state index in [1.165, 1.54) is 0 Å². The molecule has 0 bridgehead atoms. The largest absolute Gasteiger partial charge is 0.466 e. The molecule has 2 aromatic rings. The third-order valence-electron chi connectivity index (χ3n) is 4.17. The molecule has 0 aromatic heterocycles. The molecule has 1 aliphatic rings. The van der Waals surface area contributed by atoms with Crippen LogP contribution >= 0.6 is 0 Å². The number of hydrogen-bond acceptors (Lipinski definition) is 3. The Bertz CT molecular complexity index is 737. The summed E-state index contributed by atoms with van der Waals surface area (Å²) in [5.41, 5.74) is 3.53. The first-order valence-electron chi connectivity index (χ1n) is 7.78. The second kappa shape index (κ2) is 6.24. The first-order valence-corrected chi connectivity index (χ1v) is 7.78. The van der Waals surface area contributed by atoms with Crippen molar-refractivity contribution >= 4 is 17.6 Å². The summed E-state index contributed by atoms with van der Waals surface area (Å²) < 4.78 is 5.04. The predicted molar refractivity (Wildman–Crippen MR) is 88.4 cm³/mol. The summed E-state index contributed by atoms with van der Waals surface area (Å²) in [7, 11) is 0. The number of ether oxygens (including phenoxy) is 1. The fourth-order valence-electron chi connectivity index (χ4n) is 2.81. The number of esters is 1. The number of nitrogens with zero attached hydrogens (tertiary/aromatic N) is 1. The first-order chi connectivity index (χ1) is 11.1. The number of carbonyl (C=O) groups excluding carboxylic acids is 2.